The van der Waals surface area contributed by atoms with Crippen molar-refractivity contribution in [2.45, 2.75) is 13.8 Å². The Balaban J connectivity index is 3.81. The molecular formula is C20H20O12. The van der Waals surface area contributed by atoms with E-state index in [4.69, 9.17) is 9.47 Å². The topological polar surface area (TPSA) is 202 Å². The van der Waals surface area contributed by atoms with Crippen molar-refractivity contribution in [1.82, 2.24) is 0 Å². The third-order valence-electron chi connectivity index (χ3n) is 4.53. The van der Waals surface area contributed by atoms with E-state index in [0.717, 1.165) is 0 Å². The van der Waals surface area contributed by atoms with Gasteiger partial charge in [0.1, 0.15) is 13.2 Å². The fourth-order valence-electron chi connectivity index (χ4n) is 2.73. The average molecular weight is 452 g/mol. The maximum atomic E-state index is 12.1. The quantitative estimate of drug-likeness (QED) is 0.263. The fraction of sp³-hybridized carbons (Fsp3) is 0.300. The fourth-order valence-corrected chi connectivity index (χ4v) is 2.73. The molecule has 0 bridgehead atoms. The summed E-state index contributed by atoms with van der Waals surface area (Å²) in [4.78, 5) is 71.4. The molecule has 0 spiro atoms. The molecule has 0 saturated carbocycles. The van der Waals surface area contributed by atoms with Crippen LogP contribution in [0.2, 0.25) is 0 Å². The highest BCUT2D eigenvalue weighted by Crippen LogP contribution is 2.45. The van der Waals surface area contributed by atoms with Crippen LogP contribution in [0.1, 0.15) is 13.8 Å². The van der Waals surface area contributed by atoms with Gasteiger partial charge in [0.05, 0.1) is 11.1 Å². The van der Waals surface area contributed by atoms with E-state index >= 15 is 0 Å². The molecule has 4 N–H and O–H groups in total. The van der Waals surface area contributed by atoms with Crippen molar-refractivity contribution in [1.29, 1.82) is 0 Å². The minimum absolute atomic E-state index is 0.156. The van der Waals surface area contributed by atoms with Crippen molar-refractivity contribution in [2.75, 3.05) is 13.2 Å². The Hall–Kier alpha value is -4.22. The molecule has 0 aliphatic heterocycles. The second-order valence-corrected chi connectivity index (χ2v) is 6.99. The molecule has 2 atom stereocenters. The van der Waals surface area contributed by atoms with E-state index in [9.17, 15) is 49.2 Å². The summed E-state index contributed by atoms with van der Waals surface area (Å²) in [6.45, 7) is 6.69. The van der Waals surface area contributed by atoms with E-state index in [2.05, 4.69) is 13.2 Å². The zero-order valence-corrected chi connectivity index (χ0v) is 17.0. The molecule has 32 heavy (non-hydrogen) atoms. The highest BCUT2D eigenvalue weighted by Gasteiger charge is 2.57. The lowest BCUT2D eigenvalue weighted by Gasteiger charge is -2.37. The number of carbonyl (C=O) groups excluding carboxylic acids is 2. The highest BCUT2D eigenvalue weighted by atomic mass is 16.5. The van der Waals surface area contributed by atoms with Crippen molar-refractivity contribution in [3.8, 4) is 0 Å². The Morgan fingerprint density at radius 3 is 1.19 bits per heavy atom. The van der Waals surface area contributed by atoms with Gasteiger partial charge in [0, 0.05) is 11.1 Å². The van der Waals surface area contributed by atoms with Crippen LogP contribution in [0, 0.1) is 10.8 Å². The zero-order chi connectivity index (χ0) is 25.0. The third kappa shape index (κ3) is 4.74. The average Bonchev–Trinajstić information content (AvgIpc) is 2.68. The predicted molar refractivity (Wildman–Crippen MR) is 103 cm³/mol. The lowest BCUT2D eigenvalue weighted by atomic mass is 9.65. The summed E-state index contributed by atoms with van der Waals surface area (Å²) >= 11 is 0. The summed E-state index contributed by atoms with van der Waals surface area (Å²) in [5.74, 6) is -9.92. The van der Waals surface area contributed by atoms with Gasteiger partial charge >= 0.3 is 35.8 Å². The van der Waals surface area contributed by atoms with Crippen molar-refractivity contribution in [3.63, 3.8) is 0 Å². The van der Waals surface area contributed by atoms with Gasteiger partial charge in [0.2, 0.25) is 0 Å². The highest BCUT2D eigenvalue weighted by molar-refractivity contribution is 6.06. The number of hydrogen-bond donors (Lipinski definition) is 4. The van der Waals surface area contributed by atoms with Crippen LogP contribution in [0.25, 0.3) is 0 Å². The molecule has 1 aliphatic rings. The molecule has 0 saturated heterocycles. The maximum absolute atomic E-state index is 12.1. The monoisotopic (exact) mass is 452 g/mol. The van der Waals surface area contributed by atoms with Gasteiger partial charge in [0.25, 0.3) is 0 Å². The van der Waals surface area contributed by atoms with Crippen molar-refractivity contribution >= 4 is 35.8 Å². The van der Waals surface area contributed by atoms with Crippen molar-refractivity contribution in [2.24, 2.45) is 10.8 Å². The first kappa shape index (κ1) is 25.8. The van der Waals surface area contributed by atoms with Gasteiger partial charge in [-0.2, -0.15) is 0 Å². The molecule has 172 valence electrons. The summed E-state index contributed by atoms with van der Waals surface area (Å²) in [6, 6.07) is 0. The molecule has 0 aromatic heterocycles. The van der Waals surface area contributed by atoms with E-state index < -0.39 is 71.0 Å². The summed E-state index contributed by atoms with van der Waals surface area (Å²) in [7, 11) is 0. The van der Waals surface area contributed by atoms with E-state index in [0.29, 0.717) is 12.2 Å². The Kier molecular flexibility index (Phi) is 7.49. The summed E-state index contributed by atoms with van der Waals surface area (Å²) < 4.78 is 9.54. The number of hydrogen-bond acceptors (Lipinski definition) is 8. The molecular weight excluding hydrogens is 432 g/mol. The smallest absolute Gasteiger partial charge is 0.333 e. The number of carboxylic acid groups (broad SMARTS) is 4. The number of ether oxygens (including phenoxy) is 2. The SMILES string of the molecule is C=C(C)C(=O)OCC1(C(=O)O)C=C(C(=O)O)C(COC(=O)C(=C)C)(C(=O)O)C=C1C(=O)O. The first-order valence-corrected chi connectivity index (χ1v) is 8.67. The van der Waals surface area contributed by atoms with Crippen LogP contribution < -0.4 is 0 Å². The van der Waals surface area contributed by atoms with Crippen LogP contribution in [-0.4, -0.2) is 69.5 Å². The molecule has 0 amide bonds. The molecule has 0 aromatic rings. The Morgan fingerprint density at radius 2 is 1.00 bits per heavy atom. The van der Waals surface area contributed by atoms with Crippen molar-refractivity contribution < 1.29 is 58.7 Å². The van der Waals surface area contributed by atoms with Gasteiger partial charge in [0.15, 0.2) is 10.8 Å². The standard InChI is InChI=1S/C20H20O12/c1-9(2)15(25)31-7-19(17(27)28)5-12(14(23)24)20(18(29)30,6-11(19)13(21)22)8-32-16(26)10(3)4/h5-6H,1,3,7-8H2,2,4H3,(H,21,22)(H,23,24)(H,27,28)(H,29,30). The first-order chi connectivity index (χ1) is 14.6. The maximum Gasteiger partial charge on any atom is 0.333 e. The Bertz CT molecular complexity index is 918. The van der Waals surface area contributed by atoms with Crippen LogP contribution in [0.15, 0.2) is 47.6 Å². The second-order valence-electron chi connectivity index (χ2n) is 6.99. The third-order valence-corrected chi connectivity index (χ3v) is 4.53. The lowest BCUT2D eigenvalue weighted by Crippen LogP contribution is -2.49. The molecule has 12 heteroatoms. The van der Waals surface area contributed by atoms with Crippen LogP contribution in [0.5, 0.6) is 0 Å². The van der Waals surface area contributed by atoms with Gasteiger partial charge in [-0.25, -0.2) is 19.2 Å². The van der Waals surface area contributed by atoms with Crippen LogP contribution in [0.4, 0.5) is 0 Å². The number of rotatable bonds is 10. The minimum Gasteiger partial charge on any atom is -0.480 e. The molecule has 12 nitrogen and oxygen atoms in total. The molecule has 0 aromatic carbocycles. The summed E-state index contributed by atoms with van der Waals surface area (Å²) in [5.41, 5.74) is -8.06. The number of carboxylic acids is 4. The van der Waals surface area contributed by atoms with E-state index in [1.165, 1.54) is 13.8 Å². The van der Waals surface area contributed by atoms with Gasteiger partial charge in [-0.05, 0) is 26.0 Å². The number of esters is 2. The lowest BCUT2D eigenvalue weighted by molar-refractivity contribution is -0.158. The second kappa shape index (κ2) is 9.29. The van der Waals surface area contributed by atoms with Crippen LogP contribution in [0.3, 0.4) is 0 Å². The first-order valence-electron chi connectivity index (χ1n) is 8.67. The largest absolute Gasteiger partial charge is 0.480 e. The number of carbonyl (C=O) groups is 6. The summed E-state index contributed by atoms with van der Waals surface area (Å²) in [5, 5.41) is 38.8. The molecule has 1 rings (SSSR count). The number of aliphatic carboxylic acids is 4. The molecule has 0 radical (unpaired) electrons. The minimum atomic E-state index is -2.76. The Morgan fingerprint density at radius 1 is 0.719 bits per heavy atom. The molecule has 1 aliphatic carbocycles. The van der Waals surface area contributed by atoms with E-state index in [-0.39, 0.29) is 11.1 Å². The zero-order valence-electron chi connectivity index (χ0n) is 17.0. The van der Waals surface area contributed by atoms with Gasteiger partial charge in [-0.15, -0.1) is 0 Å². The summed E-state index contributed by atoms with van der Waals surface area (Å²) in [6.07, 6.45) is 0.713. The van der Waals surface area contributed by atoms with Crippen LogP contribution >= 0.6 is 0 Å². The van der Waals surface area contributed by atoms with Gasteiger partial charge < -0.3 is 29.9 Å². The Labute approximate surface area is 180 Å². The van der Waals surface area contributed by atoms with Gasteiger partial charge in [-0.3, -0.25) is 9.59 Å². The normalized spacial score (nSPS) is 21.9. The van der Waals surface area contributed by atoms with Crippen LogP contribution in [-0.2, 0) is 38.2 Å². The van der Waals surface area contributed by atoms with Crippen molar-refractivity contribution in [3.05, 3.63) is 47.6 Å². The predicted octanol–water partition coefficient (Wildman–Crippen LogP) is 0.403. The molecule has 0 fully saturated rings. The van der Waals surface area contributed by atoms with E-state index in [1.807, 2.05) is 0 Å². The van der Waals surface area contributed by atoms with E-state index in [1.54, 1.807) is 0 Å². The molecule has 2 unspecified atom stereocenters. The van der Waals surface area contributed by atoms with Gasteiger partial charge in [-0.1, -0.05) is 13.2 Å². The molecule has 0 heterocycles.